The molecule has 0 saturated carbocycles. The highest BCUT2D eigenvalue weighted by molar-refractivity contribution is 6.29. The third-order valence-corrected chi connectivity index (χ3v) is 2.77. The molecule has 14 heavy (non-hydrogen) atoms. The van der Waals surface area contributed by atoms with Crippen LogP contribution in [-0.2, 0) is 0 Å². The van der Waals surface area contributed by atoms with E-state index in [1.165, 1.54) is 0 Å². The number of β-amino-alcohol motifs (C(OH)–C–C–N with tert-alkyl or cyclic N) is 1. The molecule has 1 aromatic rings. The topological polar surface area (TPSA) is 49.2 Å². The van der Waals surface area contributed by atoms with Gasteiger partial charge in [0, 0.05) is 0 Å². The molecule has 0 radical (unpaired) electrons. The van der Waals surface area contributed by atoms with Crippen molar-refractivity contribution in [2.24, 2.45) is 0 Å². The average molecular weight is 214 g/mol. The molecule has 1 aromatic heterocycles. The van der Waals surface area contributed by atoms with E-state index in [1.54, 1.807) is 6.07 Å². The zero-order valence-corrected chi connectivity index (χ0v) is 8.70. The van der Waals surface area contributed by atoms with Crippen LogP contribution in [-0.4, -0.2) is 34.0 Å². The summed E-state index contributed by atoms with van der Waals surface area (Å²) in [6, 6.07) is 3.51. The maximum Gasteiger partial charge on any atom is 0.151 e. The van der Waals surface area contributed by atoms with Gasteiger partial charge in [-0.15, -0.1) is 10.2 Å². The second kappa shape index (κ2) is 3.37. The Balaban J connectivity index is 2.03. The predicted molar refractivity (Wildman–Crippen MR) is 54.5 cm³/mol. The molecule has 1 fully saturated rings. The molecule has 2 rings (SSSR count). The van der Waals surface area contributed by atoms with Crippen molar-refractivity contribution in [3.63, 3.8) is 0 Å². The molecule has 0 atom stereocenters. The maximum atomic E-state index is 9.79. The van der Waals surface area contributed by atoms with E-state index in [0.29, 0.717) is 18.2 Å². The lowest BCUT2D eigenvalue weighted by molar-refractivity contribution is 0.00798. The Bertz CT molecular complexity index is 321. The number of rotatable bonds is 2. The molecule has 4 nitrogen and oxygen atoms in total. The lowest BCUT2D eigenvalue weighted by Gasteiger charge is -2.46. The van der Waals surface area contributed by atoms with Crippen LogP contribution in [0.2, 0.25) is 5.15 Å². The lowest BCUT2D eigenvalue weighted by atomic mass is 9.91. The van der Waals surface area contributed by atoms with Crippen LogP contribution in [0.4, 0.5) is 5.82 Å². The van der Waals surface area contributed by atoms with Crippen LogP contribution in [0.1, 0.15) is 13.3 Å². The van der Waals surface area contributed by atoms with E-state index in [1.807, 2.05) is 17.9 Å². The summed E-state index contributed by atoms with van der Waals surface area (Å²) < 4.78 is 0. The third-order valence-electron chi connectivity index (χ3n) is 2.57. The number of halogens is 1. The Hall–Kier alpha value is -0.870. The van der Waals surface area contributed by atoms with E-state index < -0.39 is 5.60 Å². The van der Waals surface area contributed by atoms with Crippen LogP contribution in [0.3, 0.4) is 0 Å². The molecular formula is C9H12ClN3O. The molecule has 0 spiro atoms. The molecule has 1 N–H and O–H groups in total. The predicted octanol–water partition coefficient (Wildman–Crippen LogP) is 1.09. The molecule has 2 heterocycles. The van der Waals surface area contributed by atoms with Gasteiger partial charge in [0.05, 0.1) is 18.7 Å². The lowest BCUT2D eigenvalue weighted by Crippen LogP contribution is -2.61. The first-order valence-electron chi connectivity index (χ1n) is 4.59. The van der Waals surface area contributed by atoms with E-state index in [9.17, 15) is 5.11 Å². The van der Waals surface area contributed by atoms with Gasteiger partial charge in [-0.05, 0) is 18.6 Å². The van der Waals surface area contributed by atoms with Gasteiger partial charge in [0.1, 0.15) is 0 Å². The van der Waals surface area contributed by atoms with Crippen molar-refractivity contribution in [2.45, 2.75) is 18.9 Å². The van der Waals surface area contributed by atoms with Crippen LogP contribution >= 0.6 is 11.6 Å². The fourth-order valence-corrected chi connectivity index (χ4v) is 1.63. The van der Waals surface area contributed by atoms with Crippen molar-refractivity contribution in [1.82, 2.24) is 10.2 Å². The summed E-state index contributed by atoms with van der Waals surface area (Å²) in [5.41, 5.74) is -0.540. The van der Waals surface area contributed by atoms with Gasteiger partial charge in [-0.2, -0.15) is 0 Å². The minimum Gasteiger partial charge on any atom is -0.386 e. The number of aromatic nitrogens is 2. The fraction of sp³-hybridized carbons (Fsp3) is 0.556. The van der Waals surface area contributed by atoms with Gasteiger partial charge in [0.2, 0.25) is 0 Å². The van der Waals surface area contributed by atoms with E-state index in [4.69, 9.17) is 11.6 Å². The van der Waals surface area contributed by atoms with Crippen molar-refractivity contribution in [3.05, 3.63) is 17.3 Å². The van der Waals surface area contributed by atoms with Crippen LogP contribution < -0.4 is 4.90 Å². The van der Waals surface area contributed by atoms with E-state index >= 15 is 0 Å². The van der Waals surface area contributed by atoms with Crippen LogP contribution in [0.25, 0.3) is 0 Å². The molecule has 76 valence electrons. The zero-order chi connectivity index (χ0) is 10.2. The largest absolute Gasteiger partial charge is 0.386 e. The van der Waals surface area contributed by atoms with Crippen LogP contribution in [0.5, 0.6) is 0 Å². The Morgan fingerprint density at radius 1 is 1.50 bits per heavy atom. The summed E-state index contributed by atoms with van der Waals surface area (Å²) in [5, 5.41) is 17.9. The van der Waals surface area contributed by atoms with Gasteiger partial charge in [-0.25, -0.2) is 0 Å². The first kappa shape index (κ1) is 9.68. The van der Waals surface area contributed by atoms with Crippen molar-refractivity contribution in [2.75, 3.05) is 18.0 Å². The molecular weight excluding hydrogens is 202 g/mol. The summed E-state index contributed by atoms with van der Waals surface area (Å²) in [6.07, 6.45) is 0.768. The number of anilines is 1. The second-order valence-corrected chi connectivity index (χ2v) is 4.04. The van der Waals surface area contributed by atoms with Crippen LogP contribution in [0, 0.1) is 0 Å². The van der Waals surface area contributed by atoms with E-state index in [0.717, 1.165) is 12.2 Å². The molecule has 0 unspecified atom stereocenters. The van der Waals surface area contributed by atoms with Gasteiger partial charge in [-0.1, -0.05) is 18.5 Å². The number of nitrogens with zero attached hydrogens (tertiary/aromatic N) is 3. The monoisotopic (exact) mass is 213 g/mol. The molecule has 1 saturated heterocycles. The summed E-state index contributed by atoms with van der Waals surface area (Å²) >= 11 is 5.62. The second-order valence-electron chi connectivity index (χ2n) is 3.65. The van der Waals surface area contributed by atoms with Crippen molar-refractivity contribution in [3.8, 4) is 0 Å². The zero-order valence-electron chi connectivity index (χ0n) is 7.94. The molecule has 5 heteroatoms. The van der Waals surface area contributed by atoms with Gasteiger partial charge in [-0.3, -0.25) is 0 Å². The molecule has 1 aliphatic heterocycles. The summed E-state index contributed by atoms with van der Waals surface area (Å²) in [4.78, 5) is 1.98. The average Bonchev–Trinajstić information content (AvgIpc) is 2.15. The summed E-state index contributed by atoms with van der Waals surface area (Å²) in [6.45, 7) is 3.23. The number of hydrogen-bond donors (Lipinski definition) is 1. The highest BCUT2D eigenvalue weighted by atomic mass is 35.5. The number of hydrogen-bond acceptors (Lipinski definition) is 4. The Kier molecular flexibility index (Phi) is 2.33. The first-order valence-corrected chi connectivity index (χ1v) is 4.97. The Labute approximate surface area is 87.5 Å². The van der Waals surface area contributed by atoms with Gasteiger partial charge in [0.25, 0.3) is 0 Å². The maximum absolute atomic E-state index is 9.79. The van der Waals surface area contributed by atoms with Gasteiger partial charge in [0.15, 0.2) is 11.0 Å². The Morgan fingerprint density at radius 2 is 2.21 bits per heavy atom. The van der Waals surface area contributed by atoms with E-state index in [-0.39, 0.29) is 0 Å². The standard InChI is InChI=1S/C9H12ClN3O/c1-2-9(14)5-13(6-9)8-4-3-7(10)11-12-8/h3-4,14H,2,5-6H2,1H3. The van der Waals surface area contributed by atoms with Crippen molar-refractivity contribution >= 4 is 17.4 Å². The van der Waals surface area contributed by atoms with Gasteiger partial charge >= 0.3 is 0 Å². The quantitative estimate of drug-likeness (QED) is 0.799. The SMILES string of the molecule is CCC1(O)CN(c2ccc(Cl)nn2)C1. The normalized spacial score (nSPS) is 19.2. The molecule has 0 bridgehead atoms. The summed E-state index contributed by atoms with van der Waals surface area (Å²) in [7, 11) is 0. The highest BCUT2D eigenvalue weighted by Crippen LogP contribution is 2.28. The van der Waals surface area contributed by atoms with Crippen molar-refractivity contribution in [1.29, 1.82) is 0 Å². The molecule has 0 aromatic carbocycles. The molecule has 0 aliphatic carbocycles. The molecule has 1 aliphatic rings. The summed E-state index contributed by atoms with van der Waals surface area (Å²) in [5.74, 6) is 0.771. The molecule has 0 amide bonds. The Morgan fingerprint density at radius 3 is 2.71 bits per heavy atom. The third kappa shape index (κ3) is 1.67. The minimum absolute atomic E-state index is 0.389. The van der Waals surface area contributed by atoms with Crippen molar-refractivity contribution < 1.29 is 5.11 Å². The van der Waals surface area contributed by atoms with Crippen LogP contribution in [0.15, 0.2) is 12.1 Å². The minimum atomic E-state index is -0.540. The van der Waals surface area contributed by atoms with Gasteiger partial charge < -0.3 is 10.0 Å². The highest BCUT2D eigenvalue weighted by Gasteiger charge is 2.40. The first-order chi connectivity index (χ1) is 6.63. The number of aliphatic hydroxyl groups is 1. The fourth-order valence-electron chi connectivity index (χ4n) is 1.53. The van der Waals surface area contributed by atoms with E-state index in [2.05, 4.69) is 10.2 Å². The smallest absolute Gasteiger partial charge is 0.151 e.